The first kappa shape index (κ1) is 10.9. The van der Waals surface area contributed by atoms with Gasteiger partial charge < -0.3 is 9.47 Å². The Hall–Kier alpha value is -1.15. The number of halogens is 1. The van der Waals surface area contributed by atoms with Gasteiger partial charge in [-0.25, -0.2) is 0 Å². The van der Waals surface area contributed by atoms with Crippen LogP contribution in [0.5, 0.6) is 5.75 Å². The van der Waals surface area contributed by atoms with Crippen LogP contribution in [0.2, 0.25) is 5.02 Å². The Morgan fingerprint density at radius 3 is 2.50 bits per heavy atom. The van der Waals surface area contributed by atoms with Crippen molar-refractivity contribution in [3.8, 4) is 5.75 Å². The van der Waals surface area contributed by atoms with E-state index in [1.54, 1.807) is 20.3 Å². The fourth-order valence-corrected chi connectivity index (χ4v) is 1.59. The number of aryl methyl sites for hydroxylation is 1. The number of methoxy groups -OCH3 is 2. The first-order valence-corrected chi connectivity index (χ1v) is 4.55. The predicted octanol–water partition coefficient (Wildman–Crippen LogP) is 3.27. The molecule has 2 nitrogen and oxygen atoms in total. The Morgan fingerprint density at radius 1 is 1.36 bits per heavy atom. The second-order valence-corrected chi connectivity index (χ2v) is 3.37. The molecule has 0 aromatic heterocycles. The van der Waals surface area contributed by atoms with E-state index in [0.717, 1.165) is 16.9 Å². The molecule has 0 N–H and O–H groups in total. The number of benzene rings is 1. The highest BCUT2D eigenvalue weighted by atomic mass is 35.5. The van der Waals surface area contributed by atoms with E-state index in [1.807, 2.05) is 13.0 Å². The van der Waals surface area contributed by atoms with Crippen molar-refractivity contribution in [1.82, 2.24) is 0 Å². The van der Waals surface area contributed by atoms with Crippen LogP contribution < -0.4 is 4.74 Å². The summed E-state index contributed by atoms with van der Waals surface area (Å²) in [6.45, 7) is 5.70. The van der Waals surface area contributed by atoms with Crippen molar-refractivity contribution in [1.29, 1.82) is 0 Å². The number of ether oxygens (including phenoxy) is 2. The van der Waals surface area contributed by atoms with Crippen molar-refractivity contribution in [2.24, 2.45) is 0 Å². The minimum atomic E-state index is 0.549. The van der Waals surface area contributed by atoms with Crippen LogP contribution in [0, 0.1) is 6.92 Å². The molecule has 0 radical (unpaired) electrons. The molecule has 0 aliphatic carbocycles. The highest BCUT2D eigenvalue weighted by molar-refractivity contribution is 6.30. The van der Waals surface area contributed by atoms with E-state index in [2.05, 4.69) is 6.58 Å². The molecule has 0 unspecified atom stereocenters. The zero-order valence-electron chi connectivity index (χ0n) is 8.56. The Morgan fingerprint density at radius 2 is 2.00 bits per heavy atom. The van der Waals surface area contributed by atoms with Crippen LogP contribution in [0.1, 0.15) is 11.1 Å². The predicted molar refractivity (Wildman–Crippen MR) is 58.8 cm³/mol. The largest absolute Gasteiger partial charge is 0.497 e. The summed E-state index contributed by atoms with van der Waals surface area (Å²) >= 11 is 5.93. The summed E-state index contributed by atoms with van der Waals surface area (Å²) in [4.78, 5) is 0. The van der Waals surface area contributed by atoms with E-state index in [0.29, 0.717) is 10.8 Å². The van der Waals surface area contributed by atoms with Gasteiger partial charge in [-0.05, 0) is 24.6 Å². The highest BCUT2D eigenvalue weighted by Crippen LogP contribution is 2.32. The molecular weight excluding hydrogens is 200 g/mol. The van der Waals surface area contributed by atoms with E-state index in [1.165, 1.54) is 0 Å². The van der Waals surface area contributed by atoms with Crippen LogP contribution in [0.25, 0.3) is 5.76 Å². The van der Waals surface area contributed by atoms with Crippen molar-refractivity contribution >= 4 is 17.4 Å². The fraction of sp³-hybridized carbons (Fsp3) is 0.273. The normalized spacial score (nSPS) is 9.71. The molecule has 1 rings (SSSR count). The monoisotopic (exact) mass is 212 g/mol. The van der Waals surface area contributed by atoms with Crippen LogP contribution >= 0.6 is 11.6 Å². The third-order valence-corrected chi connectivity index (χ3v) is 2.21. The maximum atomic E-state index is 5.93. The lowest BCUT2D eigenvalue weighted by Gasteiger charge is -2.13. The summed E-state index contributed by atoms with van der Waals surface area (Å²) in [6, 6.07) is 3.62. The van der Waals surface area contributed by atoms with Gasteiger partial charge in [0.05, 0.1) is 19.8 Å². The second kappa shape index (κ2) is 4.38. The molecule has 1 aromatic carbocycles. The third kappa shape index (κ3) is 2.02. The summed E-state index contributed by atoms with van der Waals surface area (Å²) in [5.74, 6) is 1.30. The molecule has 0 aliphatic rings. The first-order valence-electron chi connectivity index (χ1n) is 4.17. The Labute approximate surface area is 89.1 Å². The van der Waals surface area contributed by atoms with E-state index in [-0.39, 0.29) is 0 Å². The molecular formula is C11H13ClO2. The van der Waals surface area contributed by atoms with Gasteiger partial charge >= 0.3 is 0 Å². The summed E-state index contributed by atoms with van der Waals surface area (Å²) in [5.41, 5.74) is 1.76. The lowest BCUT2D eigenvalue weighted by Crippen LogP contribution is -1.95. The minimum Gasteiger partial charge on any atom is -0.497 e. The maximum Gasteiger partial charge on any atom is 0.132 e. The quantitative estimate of drug-likeness (QED) is 0.716. The standard InChI is InChI=1S/C11H13ClO2/c1-7-5-9(12)6-10(8(2)13-3)11(7)14-4/h5-6H,2H2,1,3-4H3. The van der Waals surface area contributed by atoms with Crippen LogP contribution in [0.3, 0.4) is 0 Å². The van der Waals surface area contributed by atoms with Gasteiger partial charge in [-0.3, -0.25) is 0 Å². The molecule has 1 aromatic rings. The minimum absolute atomic E-state index is 0.549. The summed E-state index contributed by atoms with van der Waals surface area (Å²) < 4.78 is 10.3. The smallest absolute Gasteiger partial charge is 0.132 e. The number of hydrogen-bond acceptors (Lipinski definition) is 2. The van der Waals surface area contributed by atoms with Crippen molar-refractivity contribution in [2.75, 3.05) is 14.2 Å². The van der Waals surface area contributed by atoms with Crippen molar-refractivity contribution in [3.63, 3.8) is 0 Å². The van der Waals surface area contributed by atoms with Gasteiger partial charge in [-0.15, -0.1) is 0 Å². The first-order chi connectivity index (χ1) is 6.60. The molecule has 3 heteroatoms. The van der Waals surface area contributed by atoms with Gasteiger partial charge in [-0.1, -0.05) is 18.2 Å². The molecule has 0 fully saturated rings. The molecule has 76 valence electrons. The second-order valence-electron chi connectivity index (χ2n) is 2.93. The molecule has 0 saturated heterocycles. The van der Waals surface area contributed by atoms with Crippen molar-refractivity contribution < 1.29 is 9.47 Å². The molecule has 0 spiro atoms. The SMILES string of the molecule is C=C(OC)c1cc(Cl)cc(C)c1OC. The van der Waals surface area contributed by atoms with Crippen molar-refractivity contribution in [3.05, 3.63) is 34.9 Å². The molecule has 14 heavy (non-hydrogen) atoms. The molecule has 0 saturated carbocycles. The summed E-state index contributed by atoms with van der Waals surface area (Å²) in [5, 5.41) is 0.650. The van der Waals surface area contributed by atoms with Gasteiger partial charge in [0, 0.05) is 5.02 Å². The average Bonchev–Trinajstić information content (AvgIpc) is 2.15. The summed E-state index contributed by atoms with van der Waals surface area (Å²) in [7, 11) is 3.18. The fourth-order valence-electron chi connectivity index (χ4n) is 1.32. The van der Waals surface area contributed by atoms with Gasteiger partial charge in [0.25, 0.3) is 0 Å². The lowest BCUT2D eigenvalue weighted by atomic mass is 10.1. The zero-order chi connectivity index (χ0) is 10.7. The highest BCUT2D eigenvalue weighted by Gasteiger charge is 2.11. The maximum absolute atomic E-state index is 5.93. The summed E-state index contributed by atoms with van der Waals surface area (Å²) in [6.07, 6.45) is 0. The Bertz CT molecular complexity index is 359. The van der Waals surface area contributed by atoms with E-state index in [9.17, 15) is 0 Å². The van der Waals surface area contributed by atoms with E-state index in [4.69, 9.17) is 21.1 Å². The van der Waals surface area contributed by atoms with Gasteiger partial charge in [-0.2, -0.15) is 0 Å². The molecule has 0 heterocycles. The Kier molecular flexibility index (Phi) is 3.42. The van der Waals surface area contributed by atoms with Crippen molar-refractivity contribution in [2.45, 2.75) is 6.92 Å². The van der Waals surface area contributed by atoms with Gasteiger partial charge in [0.2, 0.25) is 0 Å². The Balaban J connectivity index is 3.32. The van der Waals surface area contributed by atoms with Crippen LogP contribution in [0.4, 0.5) is 0 Å². The van der Waals surface area contributed by atoms with Crippen LogP contribution in [-0.4, -0.2) is 14.2 Å². The molecule has 0 bridgehead atoms. The molecule has 0 amide bonds. The van der Waals surface area contributed by atoms with Gasteiger partial charge in [0.1, 0.15) is 11.5 Å². The van der Waals surface area contributed by atoms with E-state index < -0.39 is 0 Å². The average molecular weight is 213 g/mol. The van der Waals surface area contributed by atoms with Gasteiger partial charge in [0.15, 0.2) is 0 Å². The number of rotatable bonds is 3. The third-order valence-electron chi connectivity index (χ3n) is 1.99. The zero-order valence-corrected chi connectivity index (χ0v) is 9.31. The molecule has 0 aliphatic heterocycles. The topological polar surface area (TPSA) is 18.5 Å². The van der Waals surface area contributed by atoms with Crippen LogP contribution in [0.15, 0.2) is 18.7 Å². The van der Waals surface area contributed by atoms with E-state index >= 15 is 0 Å². The molecule has 0 atom stereocenters. The lowest BCUT2D eigenvalue weighted by molar-refractivity contribution is 0.362. The number of hydrogen-bond donors (Lipinski definition) is 0. The van der Waals surface area contributed by atoms with Crippen LogP contribution in [-0.2, 0) is 4.74 Å².